The zero-order valence-electron chi connectivity index (χ0n) is 54.7. The number of carbonyl (C=O) groups excluding carboxylic acids is 5. The number of anilines is 1. The van der Waals surface area contributed by atoms with Crippen molar-refractivity contribution in [2.45, 2.75) is 206 Å². The monoisotopic (exact) mass is 1210 g/mol. The van der Waals surface area contributed by atoms with E-state index < -0.39 is 17.3 Å². The number of carbonyl (C=O) groups is 5. The van der Waals surface area contributed by atoms with Crippen LogP contribution in [0.2, 0.25) is 0 Å². The molecule has 0 unspecified atom stereocenters. The van der Waals surface area contributed by atoms with Crippen LogP contribution in [0.1, 0.15) is 167 Å². The van der Waals surface area contributed by atoms with Gasteiger partial charge in [0.15, 0.2) is 23.0 Å². The molecule has 4 aliphatic rings. The number of methoxy groups -OCH3 is 4. The van der Waals surface area contributed by atoms with Crippen molar-refractivity contribution in [1.82, 2.24) is 29.8 Å². The Kier molecular flexibility index (Phi) is 26.5. The third-order valence-electron chi connectivity index (χ3n) is 15.8. The average Bonchev–Trinajstić information content (AvgIpc) is 2.19. The molecule has 0 aromatic heterocycles. The Labute approximate surface area is 518 Å². The van der Waals surface area contributed by atoms with Crippen molar-refractivity contribution in [3.8, 4) is 23.0 Å². The highest BCUT2D eigenvalue weighted by Gasteiger charge is 2.42. The first kappa shape index (κ1) is 69.6. The summed E-state index contributed by atoms with van der Waals surface area (Å²) in [5.74, 6) is 1.94. The summed E-state index contributed by atoms with van der Waals surface area (Å²) in [6, 6.07) is 20.1. The van der Waals surface area contributed by atoms with E-state index in [1.165, 1.54) is 12.8 Å². The second-order valence-corrected chi connectivity index (χ2v) is 25.8. The van der Waals surface area contributed by atoms with E-state index >= 15 is 0 Å². The fourth-order valence-electron chi connectivity index (χ4n) is 11.3. The quantitative estimate of drug-likeness (QED) is 0.0683. The van der Waals surface area contributed by atoms with Gasteiger partial charge < -0.3 is 73.0 Å². The third kappa shape index (κ3) is 21.6. The van der Waals surface area contributed by atoms with Gasteiger partial charge in [-0.2, -0.15) is 0 Å². The molecule has 20 nitrogen and oxygen atoms in total. The van der Waals surface area contributed by atoms with E-state index in [1.807, 2.05) is 119 Å². The van der Waals surface area contributed by atoms with Gasteiger partial charge in [-0.15, -0.1) is 0 Å². The predicted molar refractivity (Wildman–Crippen MR) is 338 cm³/mol. The molecule has 0 spiro atoms. The Hall–Kier alpha value is -6.51. The van der Waals surface area contributed by atoms with Gasteiger partial charge in [0.2, 0.25) is 0 Å². The first-order valence-corrected chi connectivity index (χ1v) is 31.6. The molecule has 2 aliphatic heterocycles. The number of piperidine rings is 2. The zero-order chi connectivity index (χ0) is 63.4. The molecule has 3 aromatic rings. The van der Waals surface area contributed by atoms with Crippen molar-refractivity contribution in [3.05, 3.63) is 77.9 Å². The number of amides is 6. The first-order chi connectivity index (χ1) is 41.4. The number of ether oxygens (including phenoxy) is 8. The largest absolute Gasteiger partial charge is 0.493 e. The van der Waals surface area contributed by atoms with Crippen molar-refractivity contribution < 1.29 is 61.9 Å². The normalized spacial score (nSPS) is 18.7. The Morgan fingerprint density at radius 3 is 1.40 bits per heavy atom. The van der Waals surface area contributed by atoms with E-state index in [2.05, 4.69) is 10.6 Å². The van der Waals surface area contributed by atoms with Crippen LogP contribution in [-0.2, 0) is 18.9 Å². The number of nitrogens with zero attached hydrogens (tertiary/aromatic N) is 5. The van der Waals surface area contributed by atoms with Crippen molar-refractivity contribution in [1.29, 1.82) is 0 Å². The Balaban J connectivity index is 0.000000284. The molecule has 2 N–H and O–H groups in total. The minimum absolute atomic E-state index is 0.0516. The van der Waals surface area contributed by atoms with Crippen molar-refractivity contribution in [2.75, 3.05) is 86.4 Å². The van der Waals surface area contributed by atoms with Crippen LogP contribution in [0, 0.1) is 0 Å². The van der Waals surface area contributed by atoms with Gasteiger partial charge in [-0.1, -0.05) is 18.2 Å². The Morgan fingerprint density at radius 2 is 1.00 bits per heavy atom. The van der Waals surface area contributed by atoms with E-state index in [1.54, 1.807) is 69.7 Å². The van der Waals surface area contributed by atoms with Gasteiger partial charge in [-0.25, -0.2) is 14.4 Å². The summed E-state index contributed by atoms with van der Waals surface area (Å²) in [6.45, 7) is 23.5. The van der Waals surface area contributed by atoms with Gasteiger partial charge in [0.25, 0.3) is 11.8 Å². The Bertz CT molecular complexity index is 2650. The molecule has 2 saturated heterocycles. The van der Waals surface area contributed by atoms with Crippen LogP contribution >= 0.6 is 0 Å². The molecular formula is C67H103N7O13. The number of hydrogen-bond acceptors (Lipinski definition) is 14. The van der Waals surface area contributed by atoms with E-state index in [0.717, 1.165) is 50.8 Å². The van der Waals surface area contributed by atoms with Crippen LogP contribution in [0.4, 0.5) is 20.1 Å². The minimum Gasteiger partial charge on any atom is -0.493 e. The number of likely N-dealkylation sites (tertiary alicyclic amines) is 2. The summed E-state index contributed by atoms with van der Waals surface area (Å²) >= 11 is 0. The molecule has 0 radical (unpaired) electrons. The van der Waals surface area contributed by atoms with Crippen LogP contribution in [0.15, 0.2) is 66.7 Å². The van der Waals surface area contributed by atoms with Gasteiger partial charge in [0, 0.05) is 113 Å². The molecule has 4 atom stereocenters. The summed E-state index contributed by atoms with van der Waals surface area (Å²) in [6.07, 6.45) is 9.67. The summed E-state index contributed by atoms with van der Waals surface area (Å²) in [7, 11) is 6.46. The lowest BCUT2D eigenvalue weighted by Gasteiger charge is -2.45. The molecule has 87 heavy (non-hydrogen) atoms. The predicted octanol–water partition coefficient (Wildman–Crippen LogP) is 11.7. The molecule has 20 heteroatoms. The number of rotatable bonds is 27. The molecule has 3 aromatic carbocycles. The van der Waals surface area contributed by atoms with E-state index in [9.17, 15) is 24.0 Å². The fourth-order valence-corrected chi connectivity index (χ4v) is 11.3. The number of benzene rings is 3. The molecule has 2 aliphatic carbocycles. The van der Waals surface area contributed by atoms with Crippen molar-refractivity contribution >= 4 is 35.7 Å². The second kappa shape index (κ2) is 33.2. The maximum absolute atomic E-state index is 14.1. The highest BCUT2D eigenvalue weighted by Crippen LogP contribution is 2.35. The van der Waals surface area contributed by atoms with Gasteiger partial charge in [0.05, 0.1) is 39.5 Å². The highest BCUT2D eigenvalue weighted by molar-refractivity contribution is 5.96. The average molecular weight is 1210 g/mol. The number of para-hydroxylation sites is 1. The summed E-state index contributed by atoms with van der Waals surface area (Å²) < 4.78 is 44.7. The second-order valence-electron chi connectivity index (χ2n) is 25.8. The van der Waals surface area contributed by atoms with E-state index in [4.69, 9.17) is 37.9 Å². The number of nitrogens with one attached hydrogen (secondary N) is 2. The summed E-state index contributed by atoms with van der Waals surface area (Å²) in [4.78, 5) is 77.7. The van der Waals surface area contributed by atoms with Crippen LogP contribution in [0.3, 0.4) is 0 Å². The molecule has 7 rings (SSSR count). The van der Waals surface area contributed by atoms with Crippen molar-refractivity contribution in [3.63, 3.8) is 0 Å². The van der Waals surface area contributed by atoms with Crippen molar-refractivity contribution in [2.24, 2.45) is 0 Å². The van der Waals surface area contributed by atoms with Crippen LogP contribution in [0.25, 0.3) is 0 Å². The van der Waals surface area contributed by atoms with Crippen LogP contribution in [-0.4, -0.2) is 195 Å². The van der Waals surface area contributed by atoms with Gasteiger partial charge in [0.1, 0.15) is 11.2 Å². The maximum Gasteiger partial charge on any atom is 0.410 e. The molecule has 484 valence electrons. The topological polar surface area (TPSA) is 199 Å². The lowest BCUT2D eigenvalue weighted by molar-refractivity contribution is -0.00883. The van der Waals surface area contributed by atoms with E-state index in [0.29, 0.717) is 112 Å². The maximum atomic E-state index is 14.1. The minimum atomic E-state index is -0.680. The molecule has 2 saturated carbocycles. The first-order valence-electron chi connectivity index (χ1n) is 31.6. The summed E-state index contributed by atoms with van der Waals surface area (Å²) in [5.41, 5.74) is 0.508. The standard InChI is InChI=1S/C37H54N4O7.C30H49N3O6/c1-26(2)41(34(42)27-14-19-32(46-7)33(24-27)47-23-11-22-45-6)31-18-17-30(40(25-31)36(44)48-37(3,4)5)20-21-39(29-15-16-29)35(43)38-28-12-9-8-10-13-28;1-21(2)33(28(34)22-9-14-26(37-7)27(19-22)38-18-8-17-36-6)25-13-12-24(15-16-31-23-10-11-23)32(20-25)29(35)39-30(3,4)5/h8-10,12-14,19,24,26,29-31H,11,15-18,20-23,25H2,1-7H3,(H,38,43);9,14,19,21,23-25,31H,8,10-13,15-18,20H2,1-7H3/t30-,31-;24-,25-/m11/s1. The number of hydrogen-bond donors (Lipinski definition) is 2. The molecule has 4 fully saturated rings. The molecule has 0 bridgehead atoms. The lowest BCUT2D eigenvalue weighted by atomic mass is 9.93. The highest BCUT2D eigenvalue weighted by atomic mass is 16.6. The smallest absolute Gasteiger partial charge is 0.410 e. The summed E-state index contributed by atoms with van der Waals surface area (Å²) in [5, 5.41) is 6.59. The fraction of sp³-hybridized carbons (Fsp3) is 0.657. The molecule has 6 amide bonds. The van der Waals surface area contributed by atoms with Crippen LogP contribution < -0.4 is 29.6 Å². The zero-order valence-corrected chi connectivity index (χ0v) is 54.7. The van der Waals surface area contributed by atoms with Gasteiger partial charge in [-0.3, -0.25) is 9.59 Å². The van der Waals surface area contributed by atoms with Gasteiger partial charge in [-0.05, 0) is 189 Å². The lowest BCUT2D eigenvalue weighted by Crippen LogP contribution is -2.58. The van der Waals surface area contributed by atoms with E-state index in [-0.39, 0.29) is 66.2 Å². The van der Waals surface area contributed by atoms with Crippen LogP contribution in [0.5, 0.6) is 23.0 Å². The number of urea groups is 1. The molecular weight excluding hydrogens is 1110 g/mol. The SMILES string of the molecule is COCCCOc1cc(C(=O)N(C(C)C)[C@@H]2CC[C@H](CCN(C(=O)Nc3ccccc3)C3CC3)N(C(=O)OC(C)(C)C)C2)ccc1OC.COCCCOc1cc(C(=O)N(C(C)C)[C@@H]2CC[C@H](CCNC3CC3)N(C(=O)OC(C)(C)C)C2)ccc1OC. The Morgan fingerprint density at radius 1 is 0.552 bits per heavy atom. The third-order valence-corrected chi connectivity index (χ3v) is 15.8. The van der Waals surface area contributed by atoms with Gasteiger partial charge >= 0.3 is 18.2 Å². The molecule has 2 heterocycles.